The van der Waals surface area contributed by atoms with E-state index < -0.39 is 6.61 Å². The van der Waals surface area contributed by atoms with Gasteiger partial charge in [0.05, 0.1) is 5.69 Å². The van der Waals surface area contributed by atoms with Crippen molar-refractivity contribution >= 4 is 5.65 Å². The van der Waals surface area contributed by atoms with Crippen LogP contribution in [0, 0.1) is 6.92 Å². The maximum Gasteiger partial charge on any atom is 0.387 e. The molecule has 0 aliphatic carbocycles. The maximum atomic E-state index is 12.8. The van der Waals surface area contributed by atoms with Crippen LogP contribution >= 0.6 is 0 Å². The second kappa shape index (κ2) is 8.18. The van der Waals surface area contributed by atoms with Crippen LogP contribution in [0.15, 0.2) is 55.0 Å². The monoisotopic (exact) mass is 408 g/mol. The molecule has 0 saturated heterocycles. The maximum absolute atomic E-state index is 12.8. The number of aromatic nitrogens is 4. The van der Waals surface area contributed by atoms with Crippen molar-refractivity contribution < 1.29 is 13.5 Å². The molecule has 154 valence electrons. The standard InChI is InChI=1S/C23H22F2N4O/c1-14(2)22-26-11-18(12-27-22)17-8-9-21-28-15(3)19(29(21)13-17)10-16-6-4-5-7-20(16)30-23(24)25/h4-9,11-14,23H,10H2,1-3H3. The smallest absolute Gasteiger partial charge is 0.387 e. The molecule has 0 spiro atoms. The summed E-state index contributed by atoms with van der Waals surface area (Å²) < 4.78 is 32.2. The highest BCUT2D eigenvalue weighted by atomic mass is 19.3. The molecule has 5 nitrogen and oxygen atoms in total. The summed E-state index contributed by atoms with van der Waals surface area (Å²) in [5.41, 5.74) is 5.08. The number of hydrogen-bond donors (Lipinski definition) is 0. The van der Waals surface area contributed by atoms with Crippen LogP contribution in [0.4, 0.5) is 8.78 Å². The topological polar surface area (TPSA) is 52.3 Å². The highest BCUT2D eigenvalue weighted by Crippen LogP contribution is 2.27. The van der Waals surface area contributed by atoms with E-state index in [0.717, 1.165) is 34.0 Å². The van der Waals surface area contributed by atoms with Crippen molar-refractivity contribution in [1.29, 1.82) is 0 Å². The number of halogens is 2. The van der Waals surface area contributed by atoms with E-state index >= 15 is 0 Å². The average molecular weight is 408 g/mol. The zero-order valence-corrected chi connectivity index (χ0v) is 17.0. The fourth-order valence-corrected chi connectivity index (χ4v) is 3.42. The lowest BCUT2D eigenvalue weighted by Gasteiger charge is -2.11. The van der Waals surface area contributed by atoms with Gasteiger partial charge in [0.15, 0.2) is 0 Å². The van der Waals surface area contributed by atoms with Crippen LogP contribution in [-0.4, -0.2) is 26.0 Å². The normalized spacial score (nSPS) is 11.6. The van der Waals surface area contributed by atoms with Crippen molar-refractivity contribution in [3.63, 3.8) is 0 Å². The van der Waals surface area contributed by atoms with Crippen LogP contribution in [0.3, 0.4) is 0 Å². The molecule has 0 saturated carbocycles. The lowest BCUT2D eigenvalue weighted by Crippen LogP contribution is -2.05. The first kappa shape index (κ1) is 19.9. The van der Waals surface area contributed by atoms with Crippen molar-refractivity contribution in [3.05, 3.63) is 77.8 Å². The Bertz CT molecular complexity index is 1170. The summed E-state index contributed by atoms with van der Waals surface area (Å²) in [6, 6.07) is 10.8. The fourth-order valence-electron chi connectivity index (χ4n) is 3.42. The zero-order chi connectivity index (χ0) is 21.3. The van der Waals surface area contributed by atoms with Gasteiger partial charge in [-0.3, -0.25) is 0 Å². The molecule has 0 aliphatic rings. The molecule has 30 heavy (non-hydrogen) atoms. The van der Waals surface area contributed by atoms with Crippen LogP contribution in [0.5, 0.6) is 5.75 Å². The van der Waals surface area contributed by atoms with Crippen LogP contribution in [-0.2, 0) is 6.42 Å². The summed E-state index contributed by atoms with van der Waals surface area (Å²) in [7, 11) is 0. The van der Waals surface area contributed by atoms with Crippen LogP contribution in [0.1, 0.15) is 42.5 Å². The molecule has 0 atom stereocenters. The number of pyridine rings is 1. The second-order valence-electron chi connectivity index (χ2n) is 7.44. The summed E-state index contributed by atoms with van der Waals surface area (Å²) in [6.45, 7) is 3.16. The van der Waals surface area contributed by atoms with E-state index in [0.29, 0.717) is 12.0 Å². The van der Waals surface area contributed by atoms with E-state index in [1.165, 1.54) is 0 Å². The minimum atomic E-state index is -2.87. The Labute approximate surface area is 173 Å². The highest BCUT2D eigenvalue weighted by Gasteiger charge is 2.15. The number of nitrogens with zero attached hydrogens (tertiary/aromatic N) is 4. The first-order valence-corrected chi connectivity index (χ1v) is 9.75. The van der Waals surface area contributed by atoms with Gasteiger partial charge in [0.2, 0.25) is 0 Å². The molecule has 0 amide bonds. The van der Waals surface area contributed by atoms with Gasteiger partial charge in [0, 0.05) is 53.3 Å². The molecule has 3 aromatic heterocycles. The van der Waals surface area contributed by atoms with E-state index in [1.54, 1.807) is 18.2 Å². The SMILES string of the molecule is Cc1nc2ccc(-c3cnc(C(C)C)nc3)cn2c1Cc1ccccc1OC(F)F. The quantitative estimate of drug-likeness (QED) is 0.428. The number of aryl methyl sites for hydroxylation is 1. The molecule has 4 aromatic rings. The lowest BCUT2D eigenvalue weighted by molar-refractivity contribution is -0.0503. The minimum Gasteiger partial charge on any atom is -0.435 e. The van der Waals surface area contributed by atoms with Gasteiger partial charge in [0.25, 0.3) is 0 Å². The number of ether oxygens (including phenoxy) is 1. The van der Waals surface area contributed by atoms with Gasteiger partial charge in [-0.2, -0.15) is 8.78 Å². The Morgan fingerprint density at radius 1 is 1.00 bits per heavy atom. The van der Waals surface area contributed by atoms with Crippen molar-refractivity contribution in [2.75, 3.05) is 0 Å². The van der Waals surface area contributed by atoms with Gasteiger partial charge in [-0.05, 0) is 25.1 Å². The van der Waals surface area contributed by atoms with Crippen LogP contribution in [0.2, 0.25) is 0 Å². The number of imidazole rings is 1. The van der Waals surface area contributed by atoms with E-state index in [-0.39, 0.29) is 11.7 Å². The van der Waals surface area contributed by atoms with Gasteiger partial charge < -0.3 is 9.14 Å². The molecular weight excluding hydrogens is 386 g/mol. The highest BCUT2D eigenvalue weighted by molar-refractivity contribution is 5.63. The Morgan fingerprint density at radius 3 is 2.43 bits per heavy atom. The number of alkyl halides is 2. The molecule has 0 bridgehead atoms. The Morgan fingerprint density at radius 2 is 1.73 bits per heavy atom. The number of benzene rings is 1. The van der Waals surface area contributed by atoms with Crippen molar-refractivity contribution in [3.8, 4) is 16.9 Å². The third-order valence-corrected chi connectivity index (χ3v) is 4.99. The molecule has 0 fully saturated rings. The second-order valence-corrected chi connectivity index (χ2v) is 7.44. The number of para-hydroxylation sites is 1. The van der Waals surface area contributed by atoms with Gasteiger partial charge in [-0.25, -0.2) is 15.0 Å². The summed E-state index contributed by atoms with van der Waals surface area (Å²) in [5, 5.41) is 0. The molecule has 4 rings (SSSR count). The molecular formula is C23H22F2N4O. The Kier molecular flexibility index (Phi) is 5.44. The predicted molar refractivity (Wildman–Crippen MR) is 111 cm³/mol. The average Bonchev–Trinajstić information content (AvgIpc) is 3.03. The lowest BCUT2D eigenvalue weighted by atomic mass is 10.1. The third-order valence-electron chi connectivity index (χ3n) is 4.99. The molecule has 1 aromatic carbocycles. The molecule has 0 unspecified atom stereocenters. The van der Waals surface area contributed by atoms with Crippen molar-refractivity contribution in [2.45, 2.75) is 39.7 Å². The van der Waals surface area contributed by atoms with Gasteiger partial charge in [-0.15, -0.1) is 0 Å². The molecule has 3 heterocycles. The summed E-state index contributed by atoms with van der Waals surface area (Å²) in [5.74, 6) is 1.24. The number of fused-ring (bicyclic) bond motifs is 1. The Hall–Kier alpha value is -3.35. The van der Waals surface area contributed by atoms with E-state index in [1.807, 2.05) is 48.1 Å². The van der Waals surface area contributed by atoms with Crippen molar-refractivity contribution in [1.82, 2.24) is 19.4 Å². The molecule has 0 N–H and O–H groups in total. The predicted octanol–water partition coefficient (Wildman–Crippen LogP) is 5.42. The largest absolute Gasteiger partial charge is 0.435 e. The summed E-state index contributed by atoms with van der Waals surface area (Å²) in [4.78, 5) is 13.5. The van der Waals surface area contributed by atoms with Gasteiger partial charge in [-0.1, -0.05) is 32.0 Å². The third kappa shape index (κ3) is 4.01. The van der Waals surface area contributed by atoms with E-state index in [2.05, 4.69) is 33.5 Å². The zero-order valence-electron chi connectivity index (χ0n) is 17.0. The van der Waals surface area contributed by atoms with Crippen LogP contribution in [0.25, 0.3) is 16.8 Å². The Balaban J connectivity index is 1.73. The van der Waals surface area contributed by atoms with Crippen molar-refractivity contribution in [2.24, 2.45) is 0 Å². The fraction of sp³-hybridized carbons (Fsp3) is 0.261. The number of hydrogen-bond acceptors (Lipinski definition) is 4. The van der Waals surface area contributed by atoms with Gasteiger partial charge >= 0.3 is 6.61 Å². The van der Waals surface area contributed by atoms with E-state index in [4.69, 9.17) is 0 Å². The first-order chi connectivity index (χ1) is 14.4. The first-order valence-electron chi connectivity index (χ1n) is 9.75. The van der Waals surface area contributed by atoms with E-state index in [9.17, 15) is 8.78 Å². The van der Waals surface area contributed by atoms with Gasteiger partial charge in [0.1, 0.15) is 17.2 Å². The molecule has 0 radical (unpaired) electrons. The molecule has 0 aliphatic heterocycles. The summed E-state index contributed by atoms with van der Waals surface area (Å²) >= 11 is 0. The minimum absolute atomic E-state index is 0.177. The molecule has 7 heteroatoms. The summed E-state index contributed by atoms with van der Waals surface area (Å²) in [6.07, 6.45) is 6.04. The number of rotatable bonds is 6. The van der Waals surface area contributed by atoms with Crippen LogP contribution < -0.4 is 4.74 Å².